The van der Waals surface area contributed by atoms with Crippen LogP contribution in [0, 0.1) is 0 Å². The Kier molecular flexibility index (Phi) is 11.1. The van der Waals surface area contributed by atoms with Crippen LogP contribution in [0.5, 0.6) is 0 Å². The predicted molar refractivity (Wildman–Crippen MR) is 337 cm³/mol. The van der Waals surface area contributed by atoms with Crippen molar-refractivity contribution in [2.75, 3.05) is 0 Å². The Morgan fingerprint density at radius 2 is 0.610 bits per heavy atom. The molecule has 12 aromatic carbocycles. The maximum Gasteiger partial charge on any atom is 0.0541 e. The second-order valence-corrected chi connectivity index (χ2v) is 22.7. The van der Waals surface area contributed by atoms with Gasteiger partial charge in [0.2, 0.25) is 0 Å². The van der Waals surface area contributed by atoms with Gasteiger partial charge in [-0.2, -0.15) is 0 Å². The molecular formula is C72H45BrN2S2. The van der Waals surface area contributed by atoms with Crippen LogP contribution in [0.4, 0.5) is 0 Å². The van der Waals surface area contributed by atoms with Crippen LogP contribution in [0.3, 0.4) is 0 Å². The lowest BCUT2D eigenvalue weighted by Crippen LogP contribution is -1.94. The van der Waals surface area contributed by atoms with Gasteiger partial charge >= 0.3 is 0 Å². The molecule has 0 N–H and O–H groups in total. The predicted octanol–water partition coefficient (Wildman–Crippen LogP) is 21.7. The third kappa shape index (κ3) is 7.80. The standard InChI is InChI=1S/C54H34N2S.C18H11BrS/c1-2-11-35(12-3-1)36-21-27-40(28-22-36)55-49-18-7-4-13-43(49)47-33-38(25-31-51(47)55)39-26-32-52-48(34-39)44-14-5-8-19-50(44)56(52)41-29-23-37(24-30-41)42-16-10-17-46-45-15-6-9-20-53(45)57-54(42)46;19-13-10-8-12(9-11-13)14-5-3-6-16-15-4-1-2-7-17(15)20-18(14)16/h1-34H;1-11H. The first kappa shape index (κ1) is 45.5. The molecular weight excluding hydrogens is 1040 g/mol. The van der Waals surface area contributed by atoms with Gasteiger partial charge in [0.05, 0.1) is 22.1 Å². The molecule has 0 unspecified atom stereocenters. The number of rotatable bonds is 6. The van der Waals surface area contributed by atoms with Gasteiger partial charge in [0.15, 0.2) is 0 Å². The van der Waals surface area contributed by atoms with Gasteiger partial charge in [-0.25, -0.2) is 0 Å². The lowest BCUT2D eigenvalue weighted by Gasteiger charge is -2.11. The van der Waals surface area contributed by atoms with Crippen LogP contribution >= 0.6 is 38.6 Å². The third-order valence-electron chi connectivity index (χ3n) is 15.3. The van der Waals surface area contributed by atoms with Crippen molar-refractivity contribution in [2.45, 2.75) is 0 Å². The van der Waals surface area contributed by atoms with Crippen LogP contribution in [0.2, 0.25) is 0 Å². The lowest BCUT2D eigenvalue weighted by molar-refractivity contribution is 1.18. The van der Waals surface area contributed by atoms with Crippen molar-refractivity contribution in [1.29, 1.82) is 0 Å². The summed E-state index contributed by atoms with van der Waals surface area (Å²) < 4.78 is 11.3. The Hall–Kier alpha value is -8.84. The van der Waals surface area contributed by atoms with Gasteiger partial charge in [-0.15, -0.1) is 22.7 Å². The maximum absolute atomic E-state index is 3.50. The summed E-state index contributed by atoms with van der Waals surface area (Å²) in [6.07, 6.45) is 0. The zero-order valence-corrected chi connectivity index (χ0v) is 44.8. The number of hydrogen-bond acceptors (Lipinski definition) is 2. The van der Waals surface area contributed by atoms with Crippen molar-refractivity contribution in [2.24, 2.45) is 0 Å². The largest absolute Gasteiger partial charge is 0.309 e. The van der Waals surface area contributed by atoms with Crippen LogP contribution in [-0.2, 0) is 0 Å². The van der Waals surface area contributed by atoms with Gasteiger partial charge in [-0.1, -0.05) is 204 Å². The molecule has 0 aliphatic carbocycles. The Labute approximate surface area is 461 Å². The minimum absolute atomic E-state index is 1.12. The normalized spacial score (nSPS) is 11.7. The number of halogens is 1. The van der Waals surface area contributed by atoms with Gasteiger partial charge in [0.25, 0.3) is 0 Å². The first-order valence-corrected chi connectivity index (χ1v) is 28.4. The highest BCUT2D eigenvalue weighted by molar-refractivity contribution is 9.10. The minimum Gasteiger partial charge on any atom is -0.309 e. The van der Waals surface area contributed by atoms with Crippen LogP contribution in [0.25, 0.3) is 140 Å². The quantitative estimate of drug-likeness (QED) is 0.157. The molecule has 0 saturated carbocycles. The molecule has 0 amide bonds. The van der Waals surface area contributed by atoms with E-state index in [0.717, 1.165) is 15.8 Å². The third-order valence-corrected chi connectivity index (χ3v) is 18.3. The number of nitrogens with zero attached hydrogens (tertiary/aromatic N) is 2. The molecule has 4 aromatic heterocycles. The number of aromatic nitrogens is 2. The fourth-order valence-electron chi connectivity index (χ4n) is 11.7. The Morgan fingerprint density at radius 3 is 1.10 bits per heavy atom. The molecule has 77 heavy (non-hydrogen) atoms. The molecule has 5 heteroatoms. The highest BCUT2D eigenvalue weighted by Gasteiger charge is 2.18. The number of fused-ring (bicyclic) bond motifs is 12. The van der Waals surface area contributed by atoms with Crippen molar-refractivity contribution in [3.63, 3.8) is 0 Å². The molecule has 0 spiro atoms. The number of thiophene rings is 2. The molecule has 4 heterocycles. The molecule has 0 aliphatic heterocycles. The fraction of sp³-hybridized carbons (Fsp3) is 0. The van der Waals surface area contributed by atoms with Crippen molar-refractivity contribution in [3.05, 3.63) is 277 Å². The first-order chi connectivity index (χ1) is 38.1. The molecule has 0 radical (unpaired) electrons. The zero-order chi connectivity index (χ0) is 51.0. The van der Waals surface area contributed by atoms with Crippen molar-refractivity contribution in [1.82, 2.24) is 9.13 Å². The smallest absolute Gasteiger partial charge is 0.0541 e. The van der Waals surface area contributed by atoms with Crippen LogP contribution in [-0.4, -0.2) is 9.13 Å². The first-order valence-electron chi connectivity index (χ1n) is 26.0. The topological polar surface area (TPSA) is 9.86 Å². The monoisotopic (exact) mass is 1080 g/mol. The molecule has 0 saturated heterocycles. The van der Waals surface area contributed by atoms with E-state index in [1.165, 1.54) is 128 Å². The highest BCUT2D eigenvalue weighted by atomic mass is 79.9. The summed E-state index contributed by atoms with van der Waals surface area (Å²) in [5.74, 6) is 0. The van der Waals surface area contributed by atoms with E-state index in [0.29, 0.717) is 0 Å². The maximum atomic E-state index is 3.50. The van der Waals surface area contributed by atoms with Gasteiger partial charge in [0, 0.05) is 77.7 Å². The average Bonchev–Trinajstić information content (AvgIpc) is 4.27. The van der Waals surface area contributed by atoms with Gasteiger partial charge in [-0.05, 0) is 129 Å². The molecule has 16 rings (SSSR count). The van der Waals surface area contributed by atoms with E-state index in [4.69, 9.17) is 0 Å². The van der Waals surface area contributed by atoms with E-state index in [9.17, 15) is 0 Å². The van der Waals surface area contributed by atoms with E-state index < -0.39 is 0 Å². The van der Waals surface area contributed by atoms with E-state index in [-0.39, 0.29) is 0 Å². The number of benzene rings is 12. The van der Waals surface area contributed by atoms with E-state index in [1.807, 2.05) is 22.7 Å². The molecule has 0 fully saturated rings. The van der Waals surface area contributed by atoms with Crippen molar-refractivity contribution >= 4 is 123 Å². The molecule has 362 valence electrons. The second kappa shape index (κ2) is 18.8. The van der Waals surface area contributed by atoms with Crippen molar-refractivity contribution < 1.29 is 0 Å². The van der Waals surface area contributed by atoms with Crippen LogP contribution in [0.15, 0.2) is 277 Å². The van der Waals surface area contributed by atoms with E-state index in [1.54, 1.807) is 0 Å². The molecule has 0 aliphatic rings. The summed E-state index contributed by atoms with van der Waals surface area (Å²) in [5, 5.41) is 10.4. The molecule has 2 nitrogen and oxygen atoms in total. The molecule has 0 bridgehead atoms. The zero-order valence-electron chi connectivity index (χ0n) is 41.6. The average molecular weight is 1080 g/mol. The summed E-state index contributed by atoms with van der Waals surface area (Å²) in [6.45, 7) is 0. The van der Waals surface area contributed by atoms with Crippen LogP contribution in [0.1, 0.15) is 0 Å². The summed E-state index contributed by atoms with van der Waals surface area (Å²) in [6, 6.07) is 99.3. The van der Waals surface area contributed by atoms with Crippen molar-refractivity contribution in [3.8, 4) is 55.9 Å². The van der Waals surface area contributed by atoms with Gasteiger partial charge in [-0.3, -0.25) is 0 Å². The summed E-state index contributed by atoms with van der Waals surface area (Å²) >= 11 is 7.26. The Morgan fingerprint density at radius 1 is 0.247 bits per heavy atom. The molecule has 16 aromatic rings. The second-order valence-electron chi connectivity index (χ2n) is 19.7. The van der Waals surface area contributed by atoms with Gasteiger partial charge < -0.3 is 9.13 Å². The van der Waals surface area contributed by atoms with Gasteiger partial charge in [0.1, 0.15) is 0 Å². The summed E-state index contributed by atoms with van der Waals surface area (Å²) in [7, 11) is 0. The minimum atomic E-state index is 1.12. The number of para-hydroxylation sites is 2. The summed E-state index contributed by atoms with van der Waals surface area (Å²) in [5.41, 5.74) is 17.1. The van der Waals surface area contributed by atoms with E-state index >= 15 is 0 Å². The fourth-order valence-corrected chi connectivity index (χ4v) is 14.4. The summed E-state index contributed by atoms with van der Waals surface area (Å²) in [4.78, 5) is 0. The highest BCUT2D eigenvalue weighted by Crippen LogP contribution is 2.43. The molecule has 0 atom stereocenters. The SMILES string of the molecule is Brc1ccc(-c2cccc3c2sc2ccccc23)cc1.c1ccc(-c2ccc(-n3c4ccccc4c4cc(-c5ccc6c(c5)c5ccccc5n6-c5ccc(-c6cccc7c6sc6ccccc67)cc5)ccc43)cc2)cc1. The Bertz CT molecular complexity index is 4910. The van der Waals surface area contributed by atoms with E-state index in [2.05, 4.69) is 298 Å². The lowest BCUT2D eigenvalue weighted by atomic mass is 10.0. The Balaban J connectivity index is 0.000000216. The van der Waals surface area contributed by atoms with Crippen LogP contribution < -0.4 is 0 Å². The number of hydrogen-bond donors (Lipinski definition) is 0.